The maximum absolute atomic E-state index is 12.0. The highest BCUT2D eigenvalue weighted by molar-refractivity contribution is 14.1. The van der Waals surface area contributed by atoms with E-state index in [2.05, 4.69) is 43.8 Å². The number of nitrogens with zero attached hydrogens (tertiary/aromatic N) is 1. The van der Waals surface area contributed by atoms with Crippen LogP contribution in [0.3, 0.4) is 0 Å². The summed E-state index contributed by atoms with van der Waals surface area (Å²) in [6, 6.07) is 5.43. The number of hydrogen-bond donors (Lipinski definition) is 3. The van der Waals surface area contributed by atoms with Crippen molar-refractivity contribution in [2.45, 2.75) is 50.7 Å². The second-order valence-electron chi connectivity index (χ2n) is 7.71. The molecule has 1 fully saturated rings. The number of ether oxygens (including phenoxy) is 1. The van der Waals surface area contributed by atoms with Crippen molar-refractivity contribution in [3.05, 3.63) is 32.4 Å². The second-order valence-corrected chi connectivity index (χ2v) is 9.31. The van der Waals surface area contributed by atoms with Crippen LogP contribution >= 0.6 is 34.2 Å². The zero-order valence-corrected chi connectivity index (χ0v) is 19.7. The molecular formula is C20H24ClIN4O4. The molecule has 3 rings (SSSR count). The van der Waals surface area contributed by atoms with Gasteiger partial charge in [0.2, 0.25) is 0 Å². The summed E-state index contributed by atoms with van der Waals surface area (Å²) in [4.78, 5) is 35.1. The van der Waals surface area contributed by atoms with Gasteiger partial charge in [-0.25, -0.2) is 10.2 Å². The highest BCUT2D eigenvalue weighted by Gasteiger charge is 2.46. The number of halogens is 2. The number of hydrogen-bond acceptors (Lipinski definition) is 5. The summed E-state index contributed by atoms with van der Waals surface area (Å²) < 4.78 is 6.77. The molecule has 30 heavy (non-hydrogen) atoms. The average molecular weight is 547 g/mol. The number of benzene rings is 1. The number of likely N-dealkylation sites (N-methyl/N-ethyl adjacent to an activating group) is 1. The van der Waals surface area contributed by atoms with E-state index in [1.807, 2.05) is 25.1 Å². The molecule has 1 saturated carbocycles. The summed E-state index contributed by atoms with van der Waals surface area (Å²) in [6.07, 6.45) is 3.06. The number of hydrazone groups is 1. The Hall–Kier alpha value is -1.88. The molecule has 1 heterocycles. The lowest BCUT2D eigenvalue weighted by molar-refractivity contribution is -0.139. The van der Waals surface area contributed by atoms with E-state index in [4.69, 9.17) is 16.3 Å². The number of carbonyl (C=O) groups is 3. The predicted molar refractivity (Wildman–Crippen MR) is 121 cm³/mol. The fourth-order valence-electron chi connectivity index (χ4n) is 4.12. The van der Waals surface area contributed by atoms with E-state index in [-0.39, 0.29) is 6.04 Å². The minimum atomic E-state index is -0.794. The Morgan fingerprint density at radius 3 is 2.73 bits per heavy atom. The van der Waals surface area contributed by atoms with Crippen LogP contribution in [0.4, 0.5) is 4.79 Å². The first-order valence-electron chi connectivity index (χ1n) is 9.79. The molecule has 1 atom stereocenters. The van der Waals surface area contributed by atoms with Crippen molar-refractivity contribution in [3.63, 3.8) is 0 Å². The Bertz CT molecular complexity index is 884. The molecule has 1 aromatic rings. The molecule has 3 amide bonds. The third kappa shape index (κ3) is 5.05. The second kappa shape index (κ2) is 9.51. The zero-order valence-electron chi connectivity index (χ0n) is 16.8. The molecule has 1 aliphatic heterocycles. The lowest BCUT2D eigenvalue weighted by Gasteiger charge is -2.42. The van der Waals surface area contributed by atoms with E-state index in [1.54, 1.807) is 0 Å². The molecule has 3 N–H and O–H groups in total. The first-order valence-corrected chi connectivity index (χ1v) is 11.2. The van der Waals surface area contributed by atoms with Gasteiger partial charge in [0.1, 0.15) is 5.71 Å². The van der Waals surface area contributed by atoms with Gasteiger partial charge in [-0.15, -0.1) is 0 Å². The van der Waals surface area contributed by atoms with Gasteiger partial charge in [-0.3, -0.25) is 9.59 Å². The Labute approximate surface area is 193 Å². The third-order valence-corrected chi connectivity index (χ3v) is 6.75. The molecule has 0 bridgehead atoms. The van der Waals surface area contributed by atoms with Crippen LogP contribution in [0.15, 0.2) is 23.3 Å². The van der Waals surface area contributed by atoms with Gasteiger partial charge in [0.05, 0.1) is 0 Å². The molecule has 0 unspecified atom stereocenters. The lowest BCUT2D eigenvalue weighted by Crippen LogP contribution is -2.52. The van der Waals surface area contributed by atoms with Crippen LogP contribution in [-0.4, -0.2) is 42.3 Å². The summed E-state index contributed by atoms with van der Waals surface area (Å²) in [5.41, 5.74) is 3.17. The predicted octanol–water partition coefficient (Wildman–Crippen LogP) is 2.96. The maximum Gasteiger partial charge on any atom is 0.428 e. The smallest absolute Gasteiger partial charge is 0.428 e. The van der Waals surface area contributed by atoms with Crippen LogP contribution in [0.25, 0.3) is 0 Å². The summed E-state index contributed by atoms with van der Waals surface area (Å²) in [7, 11) is 1.42. The van der Waals surface area contributed by atoms with E-state index >= 15 is 0 Å². The van der Waals surface area contributed by atoms with Gasteiger partial charge >= 0.3 is 17.9 Å². The monoisotopic (exact) mass is 546 g/mol. The fourth-order valence-corrected chi connectivity index (χ4v) is 4.88. The molecule has 0 radical (unpaired) electrons. The molecular weight excluding hydrogens is 523 g/mol. The van der Waals surface area contributed by atoms with Gasteiger partial charge in [-0.2, -0.15) is 5.10 Å². The SMILES string of the molecule is CNC(=O)C(=O)N[C@@H](C)CC1CCC2(CC1)OC(=O)NN=C2c1cc(Cl)ccc1I. The Balaban J connectivity index is 1.70. The van der Waals surface area contributed by atoms with Crippen LogP contribution in [-0.2, 0) is 14.3 Å². The first kappa shape index (κ1) is 22.8. The molecule has 0 aromatic heterocycles. The summed E-state index contributed by atoms with van der Waals surface area (Å²) in [5.74, 6) is -0.943. The Morgan fingerprint density at radius 1 is 1.37 bits per heavy atom. The van der Waals surface area contributed by atoms with Crippen molar-refractivity contribution < 1.29 is 19.1 Å². The highest BCUT2D eigenvalue weighted by Crippen LogP contribution is 2.41. The van der Waals surface area contributed by atoms with Crippen molar-refractivity contribution in [3.8, 4) is 0 Å². The topological polar surface area (TPSA) is 109 Å². The molecule has 1 spiro atoms. The average Bonchev–Trinajstić information content (AvgIpc) is 2.71. The quantitative estimate of drug-likeness (QED) is 0.399. The van der Waals surface area contributed by atoms with E-state index < -0.39 is 23.5 Å². The maximum atomic E-state index is 12.0. The molecule has 10 heteroatoms. The number of amides is 3. The van der Waals surface area contributed by atoms with E-state index in [1.165, 1.54) is 7.05 Å². The van der Waals surface area contributed by atoms with Crippen LogP contribution in [0, 0.1) is 9.49 Å². The molecule has 1 aliphatic carbocycles. The van der Waals surface area contributed by atoms with E-state index in [9.17, 15) is 14.4 Å². The molecule has 162 valence electrons. The van der Waals surface area contributed by atoms with Crippen LogP contribution in [0.2, 0.25) is 5.02 Å². The van der Waals surface area contributed by atoms with Crippen molar-refractivity contribution in [2.75, 3.05) is 7.05 Å². The summed E-state index contributed by atoms with van der Waals surface area (Å²) in [5, 5.41) is 9.97. The van der Waals surface area contributed by atoms with Crippen molar-refractivity contribution in [1.82, 2.24) is 16.1 Å². The Morgan fingerprint density at radius 2 is 2.07 bits per heavy atom. The molecule has 0 saturated heterocycles. The number of rotatable bonds is 4. The number of carbonyl (C=O) groups excluding carboxylic acids is 3. The molecule has 2 aliphatic rings. The third-order valence-electron chi connectivity index (χ3n) is 5.57. The van der Waals surface area contributed by atoms with Gasteiger partial charge in [0, 0.05) is 27.2 Å². The standard InChI is InChI=1S/C20H24ClIN4O4/c1-11(24-18(28)17(27)23-2)9-12-5-7-20(8-6-12)16(25-26-19(29)30-20)14-10-13(21)3-4-15(14)22/h3-4,10-12H,5-9H2,1-2H3,(H,23,27)(H,24,28)(H,26,29)/t11-,12?,20?/m0/s1. The first-order chi connectivity index (χ1) is 14.2. The van der Waals surface area contributed by atoms with Gasteiger partial charge in [0.15, 0.2) is 5.60 Å². The van der Waals surface area contributed by atoms with Gasteiger partial charge < -0.3 is 15.4 Å². The van der Waals surface area contributed by atoms with Gasteiger partial charge in [-0.1, -0.05) is 11.6 Å². The minimum absolute atomic E-state index is 0.133. The molecule has 8 nitrogen and oxygen atoms in total. The fraction of sp³-hybridized carbons (Fsp3) is 0.500. The highest BCUT2D eigenvalue weighted by atomic mass is 127. The zero-order chi connectivity index (χ0) is 21.9. The minimum Gasteiger partial charge on any atom is -0.435 e. The normalized spacial score (nSPS) is 24.3. The van der Waals surface area contributed by atoms with Crippen molar-refractivity contribution in [1.29, 1.82) is 0 Å². The largest absolute Gasteiger partial charge is 0.435 e. The van der Waals surface area contributed by atoms with Crippen molar-refractivity contribution in [2.24, 2.45) is 11.0 Å². The van der Waals surface area contributed by atoms with Crippen LogP contribution in [0.5, 0.6) is 0 Å². The van der Waals surface area contributed by atoms with E-state index in [0.717, 1.165) is 28.4 Å². The van der Waals surface area contributed by atoms with Crippen molar-refractivity contribution >= 4 is 57.8 Å². The Kier molecular flexibility index (Phi) is 7.22. The van der Waals surface area contributed by atoms with Gasteiger partial charge in [-0.05, 0) is 85.7 Å². The summed E-state index contributed by atoms with van der Waals surface area (Å²) in [6.45, 7) is 1.89. The van der Waals surface area contributed by atoms with Crippen LogP contribution < -0.4 is 16.1 Å². The lowest BCUT2D eigenvalue weighted by atomic mass is 9.73. The van der Waals surface area contributed by atoms with Crippen LogP contribution in [0.1, 0.15) is 44.6 Å². The number of nitrogens with one attached hydrogen (secondary N) is 3. The summed E-state index contributed by atoms with van der Waals surface area (Å²) >= 11 is 8.42. The van der Waals surface area contributed by atoms with E-state index in [0.29, 0.717) is 29.5 Å². The van der Waals surface area contributed by atoms with Gasteiger partial charge in [0.25, 0.3) is 0 Å². The molecule has 1 aromatic carbocycles.